The molecule has 0 fully saturated rings. The van der Waals surface area contributed by atoms with Gasteiger partial charge in [0.1, 0.15) is 6.61 Å². The van der Waals surface area contributed by atoms with Crippen molar-refractivity contribution in [2.24, 2.45) is 11.8 Å². The summed E-state index contributed by atoms with van der Waals surface area (Å²) in [6.45, 7) is 5.71. The van der Waals surface area contributed by atoms with Crippen LogP contribution < -0.4 is 0 Å². The zero-order valence-corrected chi connectivity index (χ0v) is 16.3. The lowest BCUT2D eigenvalue weighted by Gasteiger charge is -2.20. The van der Waals surface area contributed by atoms with E-state index in [9.17, 15) is 14.4 Å². The summed E-state index contributed by atoms with van der Waals surface area (Å²) in [5, 5.41) is 8.80. The van der Waals surface area contributed by atoms with E-state index in [2.05, 4.69) is 0 Å². The molecule has 0 saturated carbocycles. The number of ether oxygens (including phenoxy) is 3. The Hall–Kier alpha value is -1.63. The van der Waals surface area contributed by atoms with Crippen molar-refractivity contribution >= 4 is 17.9 Å². The summed E-state index contributed by atoms with van der Waals surface area (Å²) in [5.74, 6) is -3.60. The Morgan fingerprint density at radius 1 is 0.808 bits per heavy atom. The van der Waals surface area contributed by atoms with Crippen LogP contribution >= 0.6 is 0 Å². The predicted octanol–water partition coefficient (Wildman–Crippen LogP) is 2.63. The first-order valence-electron chi connectivity index (χ1n) is 9.57. The second-order valence-electron chi connectivity index (χ2n) is 6.29. The fourth-order valence-corrected chi connectivity index (χ4v) is 2.31. The highest BCUT2D eigenvalue weighted by molar-refractivity contribution is 5.85. The van der Waals surface area contributed by atoms with Gasteiger partial charge in [0.2, 0.25) is 0 Å². The normalized spacial score (nSPS) is 12.9. The molecule has 0 amide bonds. The summed E-state index contributed by atoms with van der Waals surface area (Å²) in [6.07, 6.45) is 5.19. The van der Waals surface area contributed by atoms with E-state index in [-0.39, 0.29) is 26.2 Å². The van der Waals surface area contributed by atoms with Crippen LogP contribution in [0.25, 0.3) is 0 Å². The van der Waals surface area contributed by atoms with E-state index in [1.165, 1.54) is 6.92 Å². The average molecular weight is 374 g/mol. The fraction of sp³-hybridized carbons (Fsp3) is 0.842. The van der Waals surface area contributed by atoms with Gasteiger partial charge in [0.05, 0.1) is 38.1 Å². The lowest BCUT2D eigenvalue weighted by Crippen LogP contribution is -2.33. The Kier molecular flexibility index (Phi) is 14.6. The maximum absolute atomic E-state index is 12.2. The first-order valence-corrected chi connectivity index (χ1v) is 9.57. The van der Waals surface area contributed by atoms with Crippen LogP contribution in [0.3, 0.4) is 0 Å². The van der Waals surface area contributed by atoms with Crippen LogP contribution in [0.4, 0.5) is 0 Å². The molecule has 7 heteroatoms. The highest BCUT2D eigenvalue weighted by Crippen LogP contribution is 2.20. The molecular formula is C19H34O7. The van der Waals surface area contributed by atoms with Crippen LogP contribution in [0.15, 0.2) is 0 Å². The van der Waals surface area contributed by atoms with Gasteiger partial charge < -0.3 is 19.3 Å². The standard InChI is InChI=1S/C19H34O7/c1-4-6-8-11-24-17(21)14-16(19(23)26-13-10-20)15(3)18(22)25-12-9-7-5-2/h15-16,20H,4-14H2,1-3H3. The van der Waals surface area contributed by atoms with Crippen molar-refractivity contribution in [2.45, 2.75) is 65.7 Å². The van der Waals surface area contributed by atoms with Gasteiger partial charge in [-0.2, -0.15) is 0 Å². The Bertz CT molecular complexity index is 409. The van der Waals surface area contributed by atoms with Crippen molar-refractivity contribution in [1.29, 1.82) is 0 Å². The molecule has 0 aliphatic carbocycles. The summed E-state index contributed by atoms with van der Waals surface area (Å²) in [6, 6.07) is 0. The van der Waals surface area contributed by atoms with Crippen molar-refractivity contribution in [2.75, 3.05) is 26.4 Å². The predicted molar refractivity (Wildman–Crippen MR) is 96.3 cm³/mol. The Morgan fingerprint density at radius 3 is 1.88 bits per heavy atom. The third kappa shape index (κ3) is 11.1. The van der Waals surface area contributed by atoms with Gasteiger partial charge in [-0.05, 0) is 12.8 Å². The summed E-state index contributed by atoms with van der Waals surface area (Å²) in [4.78, 5) is 36.4. The molecule has 2 atom stereocenters. The van der Waals surface area contributed by atoms with E-state index < -0.39 is 29.7 Å². The molecule has 1 N–H and O–H groups in total. The van der Waals surface area contributed by atoms with Crippen LogP contribution in [-0.4, -0.2) is 49.4 Å². The number of aliphatic hydroxyl groups excluding tert-OH is 1. The summed E-state index contributed by atoms with van der Waals surface area (Å²) >= 11 is 0. The quantitative estimate of drug-likeness (QED) is 0.267. The van der Waals surface area contributed by atoms with Crippen molar-refractivity contribution < 1.29 is 33.7 Å². The molecule has 26 heavy (non-hydrogen) atoms. The molecule has 0 radical (unpaired) electrons. The van der Waals surface area contributed by atoms with E-state index in [1.54, 1.807) is 0 Å². The highest BCUT2D eigenvalue weighted by Gasteiger charge is 2.35. The molecule has 0 saturated heterocycles. The van der Waals surface area contributed by atoms with Crippen LogP contribution in [0, 0.1) is 11.8 Å². The second-order valence-corrected chi connectivity index (χ2v) is 6.29. The molecule has 0 heterocycles. The Balaban J connectivity index is 4.68. The molecule has 152 valence electrons. The zero-order valence-electron chi connectivity index (χ0n) is 16.3. The first-order chi connectivity index (χ1) is 12.5. The van der Waals surface area contributed by atoms with E-state index in [4.69, 9.17) is 19.3 Å². The number of carbonyl (C=O) groups is 3. The SMILES string of the molecule is CCCCCOC(=O)CC(C(=O)OCCO)C(C)C(=O)OCCCCC. The minimum Gasteiger partial charge on any atom is -0.466 e. The van der Waals surface area contributed by atoms with E-state index in [1.807, 2.05) is 13.8 Å². The number of carbonyl (C=O) groups excluding carboxylic acids is 3. The van der Waals surface area contributed by atoms with Crippen LogP contribution in [-0.2, 0) is 28.6 Å². The van der Waals surface area contributed by atoms with Crippen molar-refractivity contribution in [1.82, 2.24) is 0 Å². The molecule has 0 bridgehead atoms. The number of hydrogen-bond acceptors (Lipinski definition) is 7. The van der Waals surface area contributed by atoms with Crippen molar-refractivity contribution in [3.63, 3.8) is 0 Å². The van der Waals surface area contributed by atoms with Gasteiger partial charge in [-0.3, -0.25) is 14.4 Å². The van der Waals surface area contributed by atoms with Crippen molar-refractivity contribution in [3.8, 4) is 0 Å². The molecule has 0 aliphatic rings. The largest absolute Gasteiger partial charge is 0.466 e. The second kappa shape index (κ2) is 15.6. The lowest BCUT2D eigenvalue weighted by atomic mass is 9.91. The smallest absolute Gasteiger partial charge is 0.310 e. The molecule has 0 aromatic carbocycles. The minimum absolute atomic E-state index is 0.181. The molecule has 2 unspecified atom stereocenters. The topological polar surface area (TPSA) is 99.1 Å². The summed E-state index contributed by atoms with van der Waals surface area (Å²) < 4.78 is 15.2. The van der Waals surface area contributed by atoms with Crippen LogP contribution in [0.1, 0.15) is 65.7 Å². The van der Waals surface area contributed by atoms with Crippen LogP contribution in [0.5, 0.6) is 0 Å². The Labute approximate surface area is 156 Å². The minimum atomic E-state index is -0.987. The monoisotopic (exact) mass is 374 g/mol. The first kappa shape index (κ1) is 24.4. The molecule has 0 rings (SSSR count). The molecule has 0 spiro atoms. The van der Waals surface area contributed by atoms with Gasteiger partial charge >= 0.3 is 17.9 Å². The van der Waals surface area contributed by atoms with E-state index in [0.29, 0.717) is 6.61 Å². The van der Waals surface area contributed by atoms with Gasteiger partial charge in [-0.25, -0.2) is 0 Å². The van der Waals surface area contributed by atoms with Gasteiger partial charge in [0, 0.05) is 0 Å². The van der Waals surface area contributed by atoms with Crippen LogP contribution in [0.2, 0.25) is 0 Å². The number of esters is 3. The average Bonchev–Trinajstić information content (AvgIpc) is 2.64. The molecule has 7 nitrogen and oxygen atoms in total. The van der Waals surface area contributed by atoms with Crippen molar-refractivity contribution in [3.05, 3.63) is 0 Å². The molecular weight excluding hydrogens is 340 g/mol. The van der Waals surface area contributed by atoms with Gasteiger partial charge in [0.25, 0.3) is 0 Å². The zero-order chi connectivity index (χ0) is 19.8. The third-order valence-electron chi connectivity index (χ3n) is 4.00. The van der Waals surface area contributed by atoms with Gasteiger partial charge in [-0.1, -0.05) is 46.5 Å². The number of hydrogen-bond donors (Lipinski definition) is 1. The number of aliphatic hydroxyl groups is 1. The van der Waals surface area contributed by atoms with Gasteiger partial charge in [0.15, 0.2) is 0 Å². The maximum Gasteiger partial charge on any atom is 0.310 e. The van der Waals surface area contributed by atoms with E-state index >= 15 is 0 Å². The molecule has 0 aromatic rings. The lowest BCUT2D eigenvalue weighted by molar-refractivity contribution is -0.164. The fourth-order valence-electron chi connectivity index (χ4n) is 2.31. The Morgan fingerprint density at radius 2 is 1.35 bits per heavy atom. The van der Waals surface area contributed by atoms with E-state index in [0.717, 1.165) is 38.5 Å². The number of unbranched alkanes of at least 4 members (excludes halogenated alkanes) is 4. The molecule has 0 aliphatic heterocycles. The number of rotatable bonds is 15. The third-order valence-corrected chi connectivity index (χ3v) is 4.00. The maximum atomic E-state index is 12.2. The molecule has 0 aromatic heterocycles. The highest BCUT2D eigenvalue weighted by atomic mass is 16.5. The summed E-state index contributed by atoms with van der Waals surface area (Å²) in [7, 11) is 0. The summed E-state index contributed by atoms with van der Waals surface area (Å²) in [5.41, 5.74) is 0. The van der Waals surface area contributed by atoms with Gasteiger partial charge in [-0.15, -0.1) is 0 Å².